The summed E-state index contributed by atoms with van der Waals surface area (Å²) in [7, 11) is 0. The molecule has 43 heavy (non-hydrogen) atoms. The average molecular weight is 586 g/mol. The van der Waals surface area contributed by atoms with Crippen LogP contribution in [-0.4, -0.2) is 46.3 Å². The second-order valence-electron chi connectivity index (χ2n) is 11.8. The van der Waals surface area contributed by atoms with Gasteiger partial charge in [0.25, 0.3) is 5.91 Å². The number of fused-ring (bicyclic) bond motifs is 1. The molecule has 4 N–H and O–H groups in total. The SMILES string of the molecule is CC1=CN2NNC(C(=O)N(c3ccc(C(C)(C)C)cc3)C(C(=O)NCCc3cccc(F)c3)c3cccnc3)C2C(=O)N1. The van der Waals surface area contributed by atoms with Crippen LogP contribution in [0.2, 0.25) is 0 Å². The van der Waals surface area contributed by atoms with Gasteiger partial charge in [-0.05, 0) is 60.2 Å². The number of anilines is 1. The van der Waals surface area contributed by atoms with Crippen molar-refractivity contribution in [2.75, 3.05) is 11.4 Å². The van der Waals surface area contributed by atoms with Gasteiger partial charge in [0.05, 0.1) is 0 Å². The first-order valence-corrected chi connectivity index (χ1v) is 14.2. The first-order chi connectivity index (χ1) is 20.5. The van der Waals surface area contributed by atoms with Crippen LogP contribution in [-0.2, 0) is 26.2 Å². The van der Waals surface area contributed by atoms with Gasteiger partial charge in [0, 0.05) is 42.1 Å². The zero-order valence-electron chi connectivity index (χ0n) is 24.6. The molecule has 1 saturated heterocycles. The molecular formula is C32H36FN7O3. The van der Waals surface area contributed by atoms with Crippen LogP contribution in [0.25, 0.3) is 0 Å². The van der Waals surface area contributed by atoms with Crippen molar-refractivity contribution in [3.63, 3.8) is 0 Å². The van der Waals surface area contributed by atoms with E-state index in [9.17, 15) is 18.8 Å². The summed E-state index contributed by atoms with van der Waals surface area (Å²) < 4.78 is 13.7. The fraction of sp³-hybridized carbons (Fsp3) is 0.312. The quantitative estimate of drug-likeness (QED) is 0.321. The van der Waals surface area contributed by atoms with E-state index < -0.39 is 29.9 Å². The first-order valence-electron chi connectivity index (χ1n) is 14.2. The third-order valence-electron chi connectivity index (χ3n) is 7.51. The molecule has 0 saturated carbocycles. The number of aromatic nitrogens is 1. The van der Waals surface area contributed by atoms with Gasteiger partial charge in [-0.1, -0.05) is 51.1 Å². The number of pyridine rings is 1. The maximum absolute atomic E-state index is 14.5. The van der Waals surface area contributed by atoms with E-state index in [0.717, 1.165) is 11.1 Å². The Hall–Kier alpha value is -4.61. The maximum atomic E-state index is 14.5. The zero-order valence-corrected chi connectivity index (χ0v) is 24.6. The highest BCUT2D eigenvalue weighted by Crippen LogP contribution is 2.32. The minimum atomic E-state index is -1.12. The Morgan fingerprint density at radius 1 is 1.12 bits per heavy atom. The lowest BCUT2D eigenvalue weighted by Gasteiger charge is -2.35. The molecule has 1 fully saturated rings. The fourth-order valence-corrected chi connectivity index (χ4v) is 5.30. The topological polar surface area (TPSA) is 119 Å². The first kappa shape index (κ1) is 29.9. The predicted octanol–water partition coefficient (Wildman–Crippen LogP) is 3.00. The van der Waals surface area contributed by atoms with E-state index in [-0.39, 0.29) is 23.7 Å². The summed E-state index contributed by atoms with van der Waals surface area (Å²) in [5.41, 5.74) is 9.11. The van der Waals surface area contributed by atoms with Gasteiger partial charge in [0.1, 0.15) is 17.9 Å². The lowest BCUT2D eigenvalue weighted by Crippen LogP contribution is -2.58. The standard InChI is InChI=1S/C32H36FN7O3/c1-20-19-39-28(30(42)36-20)26(37-38-39)31(43)40(25-12-10-23(11-13-25)32(2,3)4)27(22-8-6-15-34-18-22)29(41)35-16-14-21-7-5-9-24(33)17-21/h5-13,15,17-19,26-28,37-38H,14,16H2,1-4H3,(H,35,41)(H,36,42). The van der Waals surface area contributed by atoms with Gasteiger partial charge in [0.15, 0.2) is 6.04 Å². The molecule has 224 valence electrons. The van der Waals surface area contributed by atoms with Crippen molar-refractivity contribution in [2.45, 2.75) is 57.7 Å². The third-order valence-corrected chi connectivity index (χ3v) is 7.51. The Morgan fingerprint density at radius 2 is 1.88 bits per heavy atom. The molecule has 2 aromatic carbocycles. The molecule has 3 heterocycles. The summed E-state index contributed by atoms with van der Waals surface area (Å²) in [6, 6.07) is 14.1. The molecule has 10 nitrogen and oxygen atoms in total. The van der Waals surface area contributed by atoms with Gasteiger partial charge >= 0.3 is 0 Å². The van der Waals surface area contributed by atoms with Crippen molar-refractivity contribution in [1.82, 2.24) is 31.6 Å². The zero-order chi connectivity index (χ0) is 30.7. The van der Waals surface area contributed by atoms with Crippen molar-refractivity contribution >= 4 is 23.4 Å². The lowest BCUT2D eigenvalue weighted by molar-refractivity contribution is -0.131. The Labute approximate surface area is 250 Å². The number of hydrazine groups is 2. The summed E-state index contributed by atoms with van der Waals surface area (Å²) in [5.74, 6) is -1.63. The second-order valence-corrected chi connectivity index (χ2v) is 11.8. The van der Waals surface area contributed by atoms with Crippen LogP contribution < -0.4 is 26.5 Å². The molecule has 0 radical (unpaired) electrons. The normalized spacial score (nSPS) is 18.8. The van der Waals surface area contributed by atoms with Crippen molar-refractivity contribution in [2.24, 2.45) is 0 Å². The van der Waals surface area contributed by atoms with Crippen LogP contribution in [0.15, 0.2) is 85.0 Å². The smallest absolute Gasteiger partial charge is 0.250 e. The van der Waals surface area contributed by atoms with Crippen molar-refractivity contribution < 1.29 is 18.8 Å². The third kappa shape index (κ3) is 6.58. The second kappa shape index (κ2) is 12.3. The van der Waals surface area contributed by atoms with Crippen LogP contribution in [0, 0.1) is 5.82 Å². The Kier molecular flexibility index (Phi) is 8.56. The van der Waals surface area contributed by atoms with Crippen LogP contribution in [0.3, 0.4) is 0 Å². The summed E-state index contributed by atoms with van der Waals surface area (Å²) in [6.45, 7) is 8.25. The molecule has 1 aromatic heterocycles. The Bertz CT molecular complexity index is 1520. The number of carbonyl (C=O) groups is 3. The minimum absolute atomic E-state index is 0.133. The molecule has 0 aliphatic carbocycles. The number of hydrogen-bond donors (Lipinski definition) is 4. The molecule has 3 unspecified atom stereocenters. The number of benzene rings is 2. The lowest BCUT2D eigenvalue weighted by atomic mass is 9.87. The summed E-state index contributed by atoms with van der Waals surface area (Å²) >= 11 is 0. The maximum Gasteiger partial charge on any atom is 0.250 e. The minimum Gasteiger partial charge on any atom is -0.354 e. The van der Waals surface area contributed by atoms with E-state index in [2.05, 4.69) is 47.3 Å². The van der Waals surface area contributed by atoms with Crippen molar-refractivity contribution in [3.05, 3.63) is 107 Å². The van der Waals surface area contributed by atoms with E-state index in [1.165, 1.54) is 17.0 Å². The fourth-order valence-electron chi connectivity index (χ4n) is 5.30. The molecule has 2 aliphatic heterocycles. The molecule has 3 atom stereocenters. The summed E-state index contributed by atoms with van der Waals surface area (Å²) in [4.78, 5) is 47.2. The molecule has 3 amide bonds. The highest BCUT2D eigenvalue weighted by molar-refractivity contribution is 6.06. The number of allylic oxidation sites excluding steroid dienone is 1. The highest BCUT2D eigenvalue weighted by atomic mass is 19.1. The Balaban J connectivity index is 1.52. The summed E-state index contributed by atoms with van der Waals surface area (Å²) in [6.07, 6.45) is 5.24. The van der Waals surface area contributed by atoms with Crippen LogP contribution in [0.4, 0.5) is 10.1 Å². The summed E-state index contributed by atoms with van der Waals surface area (Å²) in [5, 5.41) is 7.27. The Morgan fingerprint density at radius 3 is 2.56 bits per heavy atom. The molecule has 11 heteroatoms. The van der Waals surface area contributed by atoms with E-state index in [4.69, 9.17) is 0 Å². The van der Waals surface area contributed by atoms with E-state index in [1.807, 2.05) is 24.3 Å². The predicted molar refractivity (Wildman–Crippen MR) is 160 cm³/mol. The number of hydrogen-bond acceptors (Lipinski definition) is 7. The molecular weight excluding hydrogens is 549 g/mol. The van der Waals surface area contributed by atoms with Gasteiger partial charge in [-0.2, -0.15) is 5.53 Å². The van der Waals surface area contributed by atoms with E-state index in [0.29, 0.717) is 23.4 Å². The monoisotopic (exact) mass is 585 g/mol. The number of amides is 3. The number of rotatable bonds is 8. The number of nitrogens with one attached hydrogen (secondary N) is 4. The molecule has 0 bridgehead atoms. The number of carbonyl (C=O) groups excluding carboxylic acids is 3. The molecule has 3 aromatic rings. The van der Waals surface area contributed by atoms with Gasteiger partial charge in [-0.15, -0.1) is 0 Å². The van der Waals surface area contributed by atoms with Crippen LogP contribution >= 0.6 is 0 Å². The van der Waals surface area contributed by atoms with Gasteiger partial charge < -0.3 is 10.6 Å². The van der Waals surface area contributed by atoms with Crippen LogP contribution in [0.5, 0.6) is 0 Å². The number of halogens is 1. The largest absolute Gasteiger partial charge is 0.354 e. The average Bonchev–Trinajstić information content (AvgIpc) is 3.40. The molecule has 5 rings (SSSR count). The van der Waals surface area contributed by atoms with Crippen molar-refractivity contribution in [3.8, 4) is 0 Å². The van der Waals surface area contributed by atoms with Gasteiger partial charge in [-0.25, -0.2) is 9.82 Å². The highest BCUT2D eigenvalue weighted by Gasteiger charge is 2.48. The van der Waals surface area contributed by atoms with Gasteiger partial charge in [-0.3, -0.25) is 29.3 Å². The molecule has 2 aliphatic rings. The van der Waals surface area contributed by atoms with E-state index >= 15 is 0 Å². The van der Waals surface area contributed by atoms with Gasteiger partial charge in [0.2, 0.25) is 11.8 Å². The van der Waals surface area contributed by atoms with Crippen LogP contribution in [0.1, 0.15) is 50.4 Å². The molecule has 0 spiro atoms. The van der Waals surface area contributed by atoms with Crippen molar-refractivity contribution in [1.29, 1.82) is 0 Å². The van der Waals surface area contributed by atoms with E-state index in [1.54, 1.807) is 54.8 Å². The number of nitrogens with zero attached hydrogens (tertiary/aromatic N) is 3.